The van der Waals surface area contributed by atoms with Crippen LogP contribution in [0.1, 0.15) is 41.7 Å². The van der Waals surface area contributed by atoms with Crippen molar-refractivity contribution in [1.82, 2.24) is 4.57 Å². The normalized spacial score (nSPS) is 12.9. The molecule has 0 saturated heterocycles. The molecule has 7 aromatic rings. The summed E-state index contributed by atoms with van der Waals surface area (Å²) < 4.78 is 2.18. The first-order valence-electron chi connectivity index (χ1n) is 15.2. The smallest absolute Gasteiger partial charge is 0.102 e. The molecule has 1 aliphatic rings. The van der Waals surface area contributed by atoms with Gasteiger partial charge < -0.3 is 4.57 Å². The van der Waals surface area contributed by atoms with Crippen LogP contribution in [0.3, 0.4) is 0 Å². The van der Waals surface area contributed by atoms with Gasteiger partial charge in [0.15, 0.2) is 0 Å². The molecule has 1 heterocycles. The molecule has 0 saturated carbocycles. The fraction of sp³-hybridized carbons (Fsp3) is 0.0952. The highest BCUT2D eigenvalue weighted by Crippen LogP contribution is 2.51. The van der Waals surface area contributed by atoms with Crippen LogP contribution in [-0.2, 0) is 5.41 Å². The number of fused-ring (bicyclic) bond motifs is 6. The molecule has 0 atom stereocenters. The van der Waals surface area contributed by atoms with Gasteiger partial charge in [-0.3, -0.25) is 0 Å². The Kier molecular flexibility index (Phi) is 5.82. The Balaban J connectivity index is 1.59. The van der Waals surface area contributed by atoms with Crippen molar-refractivity contribution in [3.63, 3.8) is 0 Å². The van der Waals surface area contributed by atoms with Gasteiger partial charge in [-0.05, 0) is 64.1 Å². The highest BCUT2D eigenvalue weighted by molar-refractivity contribution is 6.12. The van der Waals surface area contributed by atoms with Crippen LogP contribution < -0.4 is 0 Å². The Morgan fingerprint density at radius 1 is 0.556 bits per heavy atom. The van der Waals surface area contributed by atoms with Crippen molar-refractivity contribution in [2.75, 3.05) is 0 Å². The molecule has 0 radical (unpaired) electrons. The molecule has 0 spiro atoms. The van der Waals surface area contributed by atoms with Crippen LogP contribution in [0.15, 0.2) is 121 Å². The van der Waals surface area contributed by atoms with E-state index in [-0.39, 0.29) is 5.41 Å². The minimum absolute atomic E-state index is 0.199. The Morgan fingerprint density at radius 2 is 1.11 bits per heavy atom. The topological polar surface area (TPSA) is 52.5 Å². The number of hydrogen-bond acceptors (Lipinski definition) is 2. The molecule has 6 aromatic carbocycles. The predicted molar refractivity (Wildman–Crippen MR) is 183 cm³/mol. The largest absolute Gasteiger partial charge is 0.307 e. The van der Waals surface area contributed by atoms with Gasteiger partial charge in [0, 0.05) is 27.3 Å². The molecule has 45 heavy (non-hydrogen) atoms. The number of para-hydroxylation sites is 1. The Morgan fingerprint density at radius 3 is 1.73 bits per heavy atom. The average Bonchev–Trinajstić information content (AvgIpc) is 3.52. The fourth-order valence-corrected chi connectivity index (χ4v) is 7.64. The van der Waals surface area contributed by atoms with E-state index in [0.717, 1.165) is 49.6 Å². The average molecular weight is 576 g/mol. The second-order valence-corrected chi connectivity index (χ2v) is 12.4. The van der Waals surface area contributed by atoms with Gasteiger partial charge >= 0.3 is 0 Å². The Labute approximate surface area is 262 Å². The highest BCUT2D eigenvalue weighted by atomic mass is 15.0. The van der Waals surface area contributed by atoms with Crippen molar-refractivity contribution in [3.8, 4) is 51.2 Å². The maximum atomic E-state index is 11.0. The van der Waals surface area contributed by atoms with E-state index in [4.69, 9.17) is 0 Å². The number of hydrogen-bond donors (Lipinski definition) is 0. The summed E-state index contributed by atoms with van der Waals surface area (Å²) in [4.78, 5) is 0. The summed E-state index contributed by atoms with van der Waals surface area (Å²) in [5, 5.41) is 24.2. The minimum Gasteiger partial charge on any atom is -0.307 e. The molecule has 0 amide bonds. The van der Waals surface area contributed by atoms with E-state index in [2.05, 4.69) is 85.2 Å². The second-order valence-electron chi connectivity index (χ2n) is 12.4. The first kappa shape index (κ1) is 26.7. The summed E-state index contributed by atoms with van der Waals surface area (Å²) in [5.41, 5.74) is 13.0. The molecule has 0 fully saturated rings. The molecule has 0 aliphatic heterocycles. The maximum Gasteiger partial charge on any atom is 0.102 e. The third kappa shape index (κ3) is 3.68. The quantitative estimate of drug-likeness (QED) is 0.210. The summed E-state index contributed by atoms with van der Waals surface area (Å²) in [6, 6.07) is 47.0. The van der Waals surface area contributed by atoms with E-state index in [1.54, 1.807) is 0 Å². The number of aromatic nitrogens is 1. The van der Waals surface area contributed by atoms with Crippen LogP contribution in [-0.4, -0.2) is 4.57 Å². The van der Waals surface area contributed by atoms with Gasteiger partial charge in [0.05, 0.1) is 27.8 Å². The zero-order chi connectivity index (χ0) is 30.9. The zero-order valence-corrected chi connectivity index (χ0v) is 25.4. The minimum atomic E-state index is -0.199. The lowest BCUT2D eigenvalue weighted by Crippen LogP contribution is -2.15. The van der Waals surface area contributed by atoms with E-state index in [0.29, 0.717) is 16.8 Å². The molecule has 1 aromatic heterocycles. The van der Waals surface area contributed by atoms with Crippen molar-refractivity contribution >= 4 is 21.8 Å². The van der Waals surface area contributed by atoms with Crippen molar-refractivity contribution in [1.29, 1.82) is 10.5 Å². The van der Waals surface area contributed by atoms with Gasteiger partial charge in [-0.1, -0.05) is 117 Å². The molecule has 212 valence electrons. The van der Waals surface area contributed by atoms with Crippen LogP contribution in [0.25, 0.3) is 60.9 Å². The van der Waals surface area contributed by atoms with Gasteiger partial charge in [-0.25, -0.2) is 0 Å². The summed E-state index contributed by atoms with van der Waals surface area (Å²) in [5.74, 6) is 0. The molecule has 3 nitrogen and oxygen atoms in total. The summed E-state index contributed by atoms with van der Waals surface area (Å²) in [7, 11) is 0. The first-order valence-corrected chi connectivity index (χ1v) is 15.2. The lowest BCUT2D eigenvalue weighted by atomic mass is 9.82. The molecular weight excluding hydrogens is 546 g/mol. The van der Waals surface area contributed by atoms with Crippen molar-refractivity contribution in [3.05, 3.63) is 149 Å². The van der Waals surface area contributed by atoms with E-state index < -0.39 is 0 Å². The van der Waals surface area contributed by atoms with Crippen LogP contribution in [0.2, 0.25) is 0 Å². The van der Waals surface area contributed by atoms with Gasteiger partial charge in [-0.2, -0.15) is 10.5 Å². The predicted octanol–water partition coefficient (Wildman–Crippen LogP) is 10.5. The van der Waals surface area contributed by atoms with Gasteiger partial charge in [-0.15, -0.1) is 0 Å². The Hall–Kier alpha value is -5.90. The van der Waals surface area contributed by atoms with Crippen molar-refractivity contribution in [2.45, 2.75) is 26.2 Å². The highest BCUT2D eigenvalue weighted by Gasteiger charge is 2.36. The molecule has 0 unspecified atom stereocenters. The van der Waals surface area contributed by atoms with Crippen LogP contribution in [0.4, 0.5) is 0 Å². The first-order chi connectivity index (χ1) is 22.0. The lowest BCUT2D eigenvalue weighted by Gasteiger charge is -2.23. The summed E-state index contributed by atoms with van der Waals surface area (Å²) in [6.45, 7) is 6.60. The molecule has 8 rings (SSSR count). The fourth-order valence-electron chi connectivity index (χ4n) is 7.64. The van der Waals surface area contributed by atoms with E-state index in [1.165, 1.54) is 22.3 Å². The number of rotatable bonds is 3. The summed E-state index contributed by atoms with van der Waals surface area (Å²) in [6.07, 6.45) is 0. The SMILES string of the molecule is Cc1c(-c2ccccc2)c(C#N)c(-n2c3ccccc3c3cc4c(cc32)C(C)(C)c2ccccc2-4)c(C#N)c1-c1ccccc1. The van der Waals surface area contributed by atoms with E-state index in [9.17, 15) is 10.5 Å². The maximum absolute atomic E-state index is 11.0. The van der Waals surface area contributed by atoms with Crippen LogP contribution >= 0.6 is 0 Å². The van der Waals surface area contributed by atoms with Crippen molar-refractivity contribution in [2.24, 2.45) is 0 Å². The molecule has 3 heteroatoms. The standard InChI is InChI=1S/C42H29N3/c1-26-39(27-14-6-4-7-15-27)33(24-43)41(34(25-44)40(26)28-16-8-5-9-17-28)45-37-21-13-11-19-30(37)32-22-31-29-18-10-12-20-35(29)42(2,3)36(31)23-38(32)45/h4-23H,1-3H3. The molecular formula is C42H29N3. The second kappa shape index (κ2) is 9.81. The van der Waals surface area contributed by atoms with E-state index in [1.807, 2.05) is 73.7 Å². The number of nitriles is 2. The third-order valence-corrected chi connectivity index (χ3v) is 9.67. The summed E-state index contributed by atoms with van der Waals surface area (Å²) >= 11 is 0. The van der Waals surface area contributed by atoms with Crippen LogP contribution in [0, 0.1) is 29.6 Å². The Bertz CT molecular complexity index is 2340. The van der Waals surface area contributed by atoms with E-state index >= 15 is 0 Å². The van der Waals surface area contributed by atoms with Crippen molar-refractivity contribution < 1.29 is 0 Å². The van der Waals surface area contributed by atoms with Gasteiger partial charge in [0.25, 0.3) is 0 Å². The monoisotopic (exact) mass is 575 g/mol. The number of benzene rings is 6. The molecule has 0 N–H and O–H groups in total. The lowest BCUT2D eigenvalue weighted by molar-refractivity contribution is 0.661. The molecule has 0 bridgehead atoms. The van der Waals surface area contributed by atoms with Gasteiger partial charge in [0.1, 0.15) is 12.1 Å². The molecule has 1 aliphatic carbocycles. The zero-order valence-electron chi connectivity index (χ0n) is 25.4. The van der Waals surface area contributed by atoms with Crippen LogP contribution in [0.5, 0.6) is 0 Å². The van der Waals surface area contributed by atoms with Gasteiger partial charge in [0.2, 0.25) is 0 Å². The number of nitrogens with zero attached hydrogens (tertiary/aromatic N) is 3. The third-order valence-electron chi connectivity index (χ3n) is 9.67.